The molecule has 2 fully saturated rings. The summed E-state index contributed by atoms with van der Waals surface area (Å²) in [7, 11) is -4.05. The van der Waals surface area contributed by atoms with Crippen LogP contribution in [-0.4, -0.2) is 55.8 Å². The second-order valence-corrected chi connectivity index (χ2v) is 6.56. The van der Waals surface area contributed by atoms with Gasteiger partial charge in [0.15, 0.2) is 0 Å². The molecule has 2 atom stereocenters. The van der Waals surface area contributed by atoms with Gasteiger partial charge in [0.2, 0.25) is 5.91 Å². The summed E-state index contributed by atoms with van der Waals surface area (Å²) in [4.78, 5) is 11.9. The molecule has 2 heterocycles. The first-order chi connectivity index (χ1) is 8.47. The highest BCUT2D eigenvalue weighted by Crippen LogP contribution is 2.14. The van der Waals surface area contributed by atoms with Crippen LogP contribution in [0.3, 0.4) is 0 Å². The van der Waals surface area contributed by atoms with Gasteiger partial charge in [0.25, 0.3) is 10.1 Å². The summed E-state index contributed by atoms with van der Waals surface area (Å²) in [5.74, 6) is -0.173. The molecule has 0 saturated carbocycles. The van der Waals surface area contributed by atoms with Crippen molar-refractivity contribution in [1.29, 1.82) is 0 Å². The van der Waals surface area contributed by atoms with E-state index in [4.69, 9.17) is 4.55 Å². The summed E-state index contributed by atoms with van der Waals surface area (Å²) < 4.78 is 30.9. The Morgan fingerprint density at radius 1 is 1.28 bits per heavy atom. The Kier molecular flexibility index (Phi) is 4.21. The van der Waals surface area contributed by atoms with E-state index in [2.05, 4.69) is 16.0 Å². The zero-order chi connectivity index (χ0) is 13.2. The van der Waals surface area contributed by atoms with Gasteiger partial charge >= 0.3 is 0 Å². The van der Waals surface area contributed by atoms with E-state index in [1.54, 1.807) is 0 Å². The van der Waals surface area contributed by atoms with E-state index in [-0.39, 0.29) is 24.9 Å². The molecular weight excluding hydrogens is 258 g/mol. The highest BCUT2D eigenvalue weighted by atomic mass is 32.2. The molecule has 2 aliphatic rings. The Bertz CT molecular complexity index is 405. The van der Waals surface area contributed by atoms with Crippen LogP contribution in [0.15, 0.2) is 0 Å². The average molecular weight is 277 g/mol. The number of nitrogens with one attached hydrogen (secondary N) is 3. The quantitative estimate of drug-likeness (QED) is 0.466. The number of hydrogen-bond donors (Lipinski definition) is 4. The van der Waals surface area contributed by atoms with Crippen LogP contribution in [0.1, 0.15) is 19.3 Å². The van der Waals surface area contributed by atoms with E-state index in [9.17, 15) is 13.2 Å². The van der Waals surface area contributed by atoms with Crippen molar-refractivity contribution >= 4 is 16.0 Å². The van der Waals surface area contributed by atoms with Crippen molar-refractivity contribution in [3.05, 3.63) is 0 Å². The molecule has 18 heavy (non-hydrogen) atoms. The second kappa shape index (κ2) is 5.52. The molecule has 8 heteroatoms. The minimum absolute atomic E-state index is 0.128. The van der Waals surface area contributed by atoms with Crippen LogP contribution in [0, 0.1) is 0 Å². The van der Waals surface area contributed by atoms with Crippen molar-refractivity contribution in [2.45, 2.75) is 36.6 Å². The van der Waals surface area contributed by atoms with Gasteiger partial charge in [-0.1, -0.05) is 0 Å². The molecule has 0 aliphatic carbocycles. The van der Waals surface area contributed by atoms with Gasteiger partial charge in [0, 0.05) is 12.6 Å². The van der Waals surface area contributed by atoms with E-state index in [1.165, 1.54) is 0 Å². The Balaban J connectivity index is 1.83. The fraction of sp³-hybridized carbons (Fsp3) is 0.900. The first-order valence-electron chi connectivity index (χ1n) is 6.17. The maximum Gasteiger partial charge on any atom is 0.269 e. The SMILES string of the molecule is O=C(NC1CCNCC1)[C@@H]1CC(S(=O)(=O)O)CN1. The number of rotatable bonds is 3. The van der Waals surface area contributed by atoms with Crippen molar-refractivity contribution in [2.24, 2.45) is 0 Å². The number of amides is 1. The minimum Gasteiger partial charge on any atom is -0.352 e. The molecule has 0 aromatic rings. The lowest BCUT2D eigenvalue weighted by Gasteiger charge is -2.25. The molecule has 104 valence electrons. The van der Waals surface area contributed by atoms with Gasteiger partial charge in [-0.2, -0.15) is 8.42 Å². The van der Waals surface area contributed by atoms with Crippen LogP contribution >= 0.6 is 0 Å². The van der Waals surface area contributed by atoms with E-state index >= 15 is 0 Å². The van der Waals surface area contributed by atoms with Crippen LogP contribution in [-0.2, 0) is 14.9 Å². The topological polar surface area (TPSA) is 108 Å². The Morgan fingerprint density at radius 2 is 1.94 bits per heavy atom. The molecule has 1 amide bonds. The number of piperidine rings is 1. The second-order valence-electron chi connectivity index (χ2n) is 4.87. The normalized spacial score (nSPS) is 30.3. The lowest BCUT2D eigenvalue weighted by Crippen LogP contribution is -2.48. The summed E-state index contributed by atoms with van der Waals surface area (Å²) >= 11 is 0. The largest absolute Gasteiger partial charge is 0.352 e. The lowest BCUT2D eigenvalue weighted by atomic mass is 10.1. The Morgan fingerprint density at radius 3 is 2.50 bits per heavy atom. The summed E-state index contributed by atoms with van der Waals surface area (Å²) in [6.07, 6.45) is 1.91. The van der Waals surface area contributed by atoms with Gasteiger partial charge in [-0.05, 0) is 32.4 Å². The molecule has 1 unspecified atom stereocenters. The fourth-order valence-electron chi connectivity index (χ4n) is 2.40. The summed E-state index contributed by atoms with van der Waals surface area (Å²) in [5, 5.41) is 8.08. The summed E-state index contributed by atoms with van der Waals surface area (Å²) in [5.41, 5.74) is 0. The first kappa shape index (κ1) is 13.7. The smallest absolute Gasteiger partial charge is 0.269 e. The van der Waals surface area contributed by atoms with E-state index in [0.29, 0.717) is 0 Å². The van der Waals surface area contributed by atoms with E-state index < -0.39 is 21.4 Å². The number of carbonyl (C=O) groups excluding carboxylic acids is 1. The zero-order valence-corrected chi connectivity index (χ0v) is 10.9. The number of hydrogen-bond acceptors (Lipinski definition) is 5. The third-order valence-electron chi connectivity index (χ3n) is 3.51. The molecule has 0 aromatic heterocycles. The number of carbonyl (C=O) groups is 1. The zero-order valence-electron chi connectivity index (χ0n) is 10.1. The predicted molar refractivity (Wildman–Crippen MR) is 65.8 cm³/mol. The average Bonchev–Trinajstić information content (AvgIpc) is 2.79. The van der Waals surface area contributed by atoms with Gasteiger partial charge in [-0.15, -0.1) is 0 Å². The lowest BCUT2D eigenvalue weighted by molar-refractivity contribution is -0.123. The van der Waals surface area contributed by atoms with Crippen LogP contribution in [0.4, 0.5) is 0 Å². The minimum atomic E-state index is -4.05. The van der Waals surface area contributed by atoms with Gasteiger partial charge in [-0.25, -0.2) is 0 Å². The molecule has 7 nitrogen and oxygen atoms in total. The van der Waals surface area contributed by atoms with Crippen molar-refractivity contribution in [2.75, 3.05) is 19.6 Å². The Hall–Kier alpha value is -0.700. The molecule has 0 radical (unpaired) electrons. The van der Waals surface area contributed by atoms with E-state index in [0.717, 1.165) is 25.9 Å². The molecule has 4 N–H and O–H groups in total. The highest BCUT2D eigenvalue weighted by Gasteiger charge is 2.36. The summed E-state index contributed by atoms with van der Waals surface area (Å²) in [6.45, 7) is 1.90. The van der Waals surface area contributed by atoms with Gasteiger partial charge in [0.05, 0.1) is 6.04 Å². The molecule has 0 bridgehead atoms. The molecule has 2 aliphatic heterocycles. The first-order valence-corrected chi connectivity index (χ1v) is 7.68. The molecule has 0 aromatic carbocycles. The van der Waals surface area contributed by atoms with Crippen molar-refractivity contribution in [3.8, 4) is 0 Å². The van der Waals surface area contributed by atoms with Crippen molar-refractivity contribution < 1.29 is 17.8 Å². The summed E-state index contributed by atoms with van der Waals surface area (Å²) in [6, 6.07) is -0.364. The van der Waals surface area contributed by atoms with E-state index in [1.807, 2.05) is 0 Å². The maximum atomic E-state index is 11.9. The molecule has 2 saturated heterocycles. The molecule has 2 rings (SSSR count). The van der Waals surface area contributed by atoms with Crippen LogP contribution in [0.2, 0.25) is 0 Å². The van der Waals surface area contributed by atoms with Crippen molar-refractivity contribution in [1.82, 2.24) is 16.0 Å². The standard InChI is InChI=1S/C10H19N3O4S/c14-10(13-7-1-3-11-4-2-7)9-5-8(6-12-9)18(15,16)17/h7-9,11-12H,1-6H2,(H,13,14)(H,15,16,17)/t8?,9-/m0/s1. The van der Waals surface area contributed by atoms with Crippen molar-refractivity contribution in [3.63, 3.8) is 0 Å². The third-order valence-corrected chi connectivity index (χ3v) is 4.72. The van der Waals surface area contributed by atoms with Gasteiger partial charge in [0.1, 0.15) is 5.25 Å². The maximum absolute atomic E-state index is 11.9. The van der Waals surface area contributed by atoms with Gasteiger partial charge < -0.3 is 16.0 Å². The van der Waals surface area contributed by atoms with Crippen LogP contribution in [0.25, 0.3) is 0 Å². The third kappa shape index (κ3) is 3.41. The Labute approximate surface area is 106 Å². The fourth-order valence-corrected chi connectivity index (χ4v) is 3.14. The molecule has 0 spiro atoms. The van der Waals surface area contributed by atoms with Crippen LogP contribution < -0.4 is 16.0 Å². The molecular formula is C10H19N3O4S. The van der Waals surface area contributed by atoms with Crippen LogP contribution in [0.5, 0.6) is 0 Å². The monoisotopic (exact) mass is 277 g/mol. The van der Waals surface area contributed by atoms with Gasteiger partial charge in [-0.3, -0.25) is 9.35 Å². The predicted octanol–water partition coefficient (Wildman–Crippen LogP) is -1.53. The highest BCUT2D eigenvalue weighted by molar-refractivity contribution is 7.86.